The van der Waals surface area contributed by atoms with Gasteiger partial charge in [-0.2, -0.15) is 11.8 Å². The Balaban J connectivity index is 1.99. The van der Waals surface area contributed by atoms with E-state index in [0.717, 1.165) is 29.9 Å². The maximum Gasteiger partial charge on any atom is 0.172 e. The van der Waals surface area contributed by atoms with Crippen molar-refractivity contribution in [3.05, 3.63) is 29.8 Å². The molecule has 0 radical (unpaired) electrons. The van der Waals surface area contributed by atoms with Crippen molar-refractivity contribution in [1.82, 2.24) is 0 Å². The van der Waals surface area contributed by atoms with Crippen LogP contribution in [0.25, 0.3) is 0 Å². The van der Waals surface area contributed by atoms with Crippen molar-refractivity contribution >= 4 is 17.5 Å². The summed E-state index contributed by atoms with van der Waals surface area (Å²) in [5.41, 5.74) is 0.763. The number of Topliss-reactive ketones (excluding diaryl/α,β-unsaturated/α-hetero) is 1. The minimum absolute atomic E-state index is 0.188. The molecule has 0 atom stereocenters. The largest absolute Gasteiger partial charge is 0.490 e. The van der Waals surface area contributed by atoms with Gasteiger partial charge in [0.25, 0.3) is 0 Å². The minimum Gasteiger partial charge on any atom is -0.490 e. The van der Waals surface area contributed by atoms with Gasteiger partial charge in [-0.1, -0.05) is 19.1 Å². The first-order valence-electron chi connectivity index (χ1n) is 5.67. The van der Waals surface area contributed by atoms with Crippen LogP contribution in [0.1, 0.15) is 30.1 Å². The van der Waals surface area contributed by atoms with Gasteiger partial charge in [0.2, 0.25) is 0 Å². The highest BCUT2D eigenvalue weighted by molar-refractivity contribution is 7.99. The molecule has 1 aliphatic carbocycles. The molecule has 0 amide bonds. The van der Waals surface area contributed by atoms with Crippen LogP contribution in [-0.4, -0.2) is 23.4 Å². The van der Waals surface area contributed by atoms with Gasteiger partial charge < -0.3 is 4.74 Å². The average Bonchev–Trinajstić information content (AvgIpc) is 3.10. The summed E-state index contributed by atoms with van der Waals surface area (Å²) < 4.78 is 5.66. The van der Waals surface area contributed by atoms with Gasteiger partial charge in [-0.25, -0.2) is 0 Å². The average molecular weight is 236 g/mol. The summed E-state index contributed by atoms with van der Waals surface area (Å²) in [6, 6.07) is 7.53. The molecule has 1 aliphatic rings. The van der Waals surface area contributed by atoms with Gasteiger partial charge in [-0.05, 0) is 30.7 Å². The molecule has 1 aromatic carbocycles. The lowest BCUT2D eigenvalue weighted by molar-refractivity contribution is 0.102. The number of hydrogen-bond donors (Lipinski definition) is 0. The van der Waals surface area contributed by atoms with Crippen LogP contribution < -0.4 is 4.74 Å². The molecule has 0 aromatic heterocycles. The summed E-state index contributed by atoms with van der Waals surface area (Å²) in [6.45, 7) is 2.06. The van der Waals surface area contributed by atoms with Gasteiger partial charge in [0.1, 0.15) is 5.75 Å². The molecule has 1 aromatic rings. The maximum absolute atomic E-state index is 11.8. The SMILES string of the molecule is CCSCC(=O)c1cccc(OC2CC2)c1. The number of hydrogen-bond acceptors (Lipinski definition) is 3. The van der Waals surface area contributed by atoms with Crippen molar-refractivity contribution < 1.29 is 9.53 Å². The second-order valence-electron chi connectivity index (χ2n) is 3.91. The molecule has 0 N–H and O–H groups in total. The number of carbonyl (C=O) groups excluding carboxylic acids is 1. The van der Waals surface area contributed by atoms with Gasteiger partial charge in [0, 0.05) is 5.56 Å². The van der Waals surface area contributed by atoms with Crippen molar-refractivity contribution in [1.29, 1.82) is 0 Å². The third kappa shape index (κ3) is 3.27. The highest BCUT2D eigenvalue weighted by atomic mass is 32.2. The molecule has 1 fully saturated rings. The van der Waals surface area contributed by atoms with Crippen LogP contribution in [0, 0.1) is 0 Å². The number of ketones is 1. The fourth-order valence-corrected chi connectivity index (χ4v) is 1.96. The normalized spacial score (nSPS) is 14.8. The van der Waals surface area contributed by atoms with Crippen molar-refractivity contribution in [3.63, 3.8) is 0 Å². The number of benzene rings is 1. The summed E-state index contributed by atoms with van der Waals surface area (Å²) in [5.74, 6) is 2.55. The second-order valence-corrected chi connectivity index (χ2v) is 5.18. The lowest BCUT2D eigenvalue weighted by Crippen LogP contribution is -2.03. The van der Waals surface area contributed by atoms with Gasteiger partial charge in [-0.15, -0.1) is 0 Å². The number of thioether (sulfide) groups is 1. The van der Waals surface area contributed by atoms with Gasteiger partial charge in [0.05, 0.1) is 11.9 Å². The smallest absolute Gasteiger partial charge is 0.172 e. The fraction of sp³-hybridized carbons (Fsp3) is 0.462. The highest BCUT2D eigenvalue weighted by Gasteiger charge is 2.23. The van der Waals surface area contributed by atoms with Crippen molar-refractivity contribution in [2.75, 3.05) is 11.5 Å². The Morgan fingerprint density at radius 1 is 1.50 bits per heavy atom. The Morgan fingerprint density at radius 2 is 2.31 bits per heavy atom. The molecule has 0 spiro atoms. The molecule has 0 saturated heterocycles. The van der Waals surface area contributed by atoms with Crippen LogP contribution in [0.2, 0.25) is 0 Å². The zero-order valence-corrected chi connectivity index (χ0v) is 10.3. The first-order valence-corrected chi connectivity index (χ1v) is 6.82. The van der Waals surface area contributed by atoms with E-state index in [1.165, 1.54) is 0 Å². The van der Waals surface area contributed by atoms with E-state index in [9.17, 15) is 4.79 Å². The van der Waals surface area contributed by atoms with Crippen LogP contribution in [0.4, 0.5) is 0 Å². The first kappa shape index (κ1) is 11.5. The molecule has 0 aliphatic heterocycles. The third-order valence-corrected chi connectivity index (χ3v) is 3.29. The predicted molar refractivity (Wildman–Crippen MR) is 67.4 cm³/mol. The first-order chi connectivity index (χ1) is 7.79. The molecule has 0 bridgehead atoms. The zero-order valence-electron chi connectivity index (χ0n) is 9.44. The summed E-state index contributed by atoms with van der Waals surface area (Å²) >= 11 is 1.65. The molecule has 2 nitrogen and oxygen atoms in total. The molecule has 2 rings (SSSR count). The molecule has 0 heterocycles. The fourth-order valence-electron chi connectivity index (χ4n) is 1.40. The van der Waals surface area contributed by atoms with Crippen molar-refractivity contribution in [2.24, 2.45) is 0 Å². The highest BCUT2D eigenvalue weighted by Crippen LogP contribution is 2.27. The minimum atomic E-state index is 0.188. The second kappa shape index (κ2) is 5.39. The Morgan fingerprint density at radius 3 is 3.00 bits per heavy atom. The quantitative estimate of drug-likeness (QED) is 0.710. The van der Waals surface area contributed by atoms with Crippen LogP contribution in [0.5, 0.6) is 5.75 Å². The van der Waals surface area contributed by atoms with Crippen LogP contribution in [-0.2, 0) is 0 Å². The maximum atomic E-state index is 11.8. The van der Waals surface area contributed by atoms with Crippen LogP contribution in [0.3, 0.4) is 0 Å². The number of ether oxygens (including phenoxy) is 1. The topological polar surface area (TPSA) is 26.3 Å². The predicted octanol–water partition coefficient (Wildman–Crippen LogP) is 3.16. The molecule has 1 saturated carbocycles. The Kier molecular flexibility index (Phi) is 3.88. The van der Waals surface area contributed by atoms with Crippen LogP contribution >= 0.6 is 11.8 Å². The van der Waals surface area contributed by atoms with E-state index in [-0.39, 0.29) is 5.78 Å². The molecule has 3 heteroatoms. The van der Waals surface area contributed by atoms with Crippen molar-refractivity contribution in [3.8, 4) is 5.75 Å². The summed E-state index contributed by atoms with van der Waals surface area (Å²) in [5, 5.41) is 0. The molecular weight excluding hydrogens is 220 g/mol. The standard InChI is InChI=1S/C13H16O2S/c1-2-16-9-13(14)10-4-3-5-12(8-10)15-11-6-7-11/h3-5,8,11H,2,6-7,9H2,1H3. The monoisotopic (exact) mass is 236 g/mol. The summed E-state index contributed by atoms with van der Waals surface area (Å²) in [7, 11) is 0. The van der Waals surface area contributed by atoms with Gasteiger partial charge in [0.15, 0.2) is 5.78 Å². The third-order valence-electron chi connectivity index (χ3n) is 2.42. The number of carbonyl (C=O) groups is 1. The molecular formula is C13H16O2S. The van der Waals surface area contributed by atoms with E-state index in [0.29, 0.717) is 11.9 Å². The van der Waals surface area contributed by atoms with E-state index in [1.807, 2.05) is 24.3 Å². The van der Waals surface area contributed by atoms with Crippen molar-refractivity contribution in [2.45, 2.75) is 25.9 Å². The number of rotatable bonds is 6. The van der Waals surface area contributed by atoms with E-state index >= 15 is 0 Å². The lowest BCUT2D eigenvalue weighted by atomic mass is 10.1. The molecule has 16 heavy (non-hydrogen) atoms. The van der Waals surface area contributed by atoms with E-state index in [1.54, 1.807) is 11.8 Å². The zero-order chi connectivity index (χ0) is 11.4. The lowest BCUT2D eigenvalue weighted by Gasteiger charge is -2.06. The van der Waals surface area contributed by atoms with E-state index in [4.69, 9.17) is 4.74 Å². The van der Waals surface area contributed by atoms with E-state index < -0.39 is 0 Å². The van der Waals surface area contributed by atoms with Crippen LogP contribution in [0.15, 0.2) is 24.3 Å². The van der Waals surface area contributed by atoms with Gasteiger partial charge >= 0.3 is 0 Å². The Labute approximate surface area is 100 Å². The Hall–Kier alpha value is -0.960. The van der Waals surface area contributed by atoms with Gasteiger partial charge in [-0.3, -0.25) is 4.79 Å². The molecule has 0 unspecified atom stereocenters. The summed E-state index contributed by atoms with van der Waals surface area (Å²) in [4.78, 5) is 11.8. The van der Waals surface area contributed by atoms with E-state index in [2.05, 4.69) is 6.92 Å². The Bertz CT molecular complexity index is 372. The molecule has 86 valence electrons. The summed E-state index contributed by atoms with van der Waals surface area (Å²) in [6.07, 6.45) is 2.67.